The Morgan fingerprint density at radius 3 is 2.48 bits per heavy atom. The second kappa shape index (κ2) is 8.89. The van der Waals surface area contributed by atoms with Crippen molar-refractivity contribution in [2.75, 3.05) is 18.0 Å². The van der Waals surface area contributed by atoms with E-state index in [1.165, 1.54) is 43.2 Å². The molecule has 2 aromatic carbocycles. The summed E-state index contributed by atoms with van der Waals surface area (Å²) in [6.45, 7) is 1.98. The van der Waals surface area contributed by atoms with Gasteiger partial charge in [-0.15, -0.1) is 10.2 Å². The van der Waals surface area contributed by atoms with Gasteiger partial charge >= 0.3 is 0 Å². The smallest absolute Gasteiger partial charge is 0.257 e. The summed E-state index contributed by atoms with van der Waals surface area (Å²) in [7, 11) is 0. The molecular weight excluding hydrogens is 415 g/mol. The first-order valence-electron chi connectivity index (χ1n) is 10.2. The highest BCUT2D eigenvalue weighted by molar-refractivity contribution is 7.98. The Morgan fingerprint density at radius 2 is 1.71 bits per heavy atom. The molecule has 0 spiro atoms. The summed E-state index contributed by atoms with van der Waals surface area (Å²) in [5.41, 5.74) is 1.71. The molecule has 5 rings (SSSR count). The molecule has 1 aliphatic rings. The standard InChI is InChI=1S/C22H21FN6OS/c23-17-11-9-16(10-12-17)20-24-19(27-30-20)15-31-22-26-25-21(28-13-5-2-6-14-28)29(22)18-7-3-1-4-8-18/h1,3-4,7-12H,2,5-6,13-15H2. The van der Waals surface area contributed by atoms with Crippen molar-refractivity contribution in [3.05, 3.63) is 66.2 Å². The zero-order chi connectivity index (χ0) is 21.0. The molecule has 4 aromatic rings. The van der Waals surface area contributed by atoms with Gasteiger partial charge in [-0.1, -0.05) is 35.1 Å². The molecule has 0 bridgehead atoms. The van der Waals surface area contributed by atoms with Gasteiger partial charge in [0.25, 0.3) is 5.89 Å². The van der Waals surface area contributed by atoms with E-state index in [1.54, 1.807) is 12.1 Å². The maximum atomic E-state index is 13.1. The SMILES string of the molecule is Fc1ccc(-c2nc(CSc3nnc(N4CCCCC4)n3-c3ccccc3)no2)cc1. The number of benzene rings is 2. The minimum absolute atomic E-state index is 0.302. The quantitative estimate of drug-likeness (QED) is 0.404. The molecule has 0 atom stereocenters. The Balaban J connectivity index is 1.38. The molecule has 9 heteroatoms. The van der Waals surface area contributed by atoms with Crippen LogP contribution in [0, 0.1) is 5.82 Å². The summed E-state index contributed by atoms with van der Waals surface area (Å²) in [5, 5.41) is 13.8. The Hall–Kier alpha value is -3.20. The van der Waals surface area contributed by atoms with Crippen molar-refractivity contribution in [3.8, 4) is 17.1 Å². The van der Waals surface area contributed by atoms with Crippen LogP contribution in [0.15, 0.2) is 64.3 Å². The molecule has 0 amide bonds. The molecule has 0 N–H and O–H groups in total. The molecule has 0 radical (unpaired) electrons. The van der Waals surface area contributed by atoms with Crippen LogP contribution in [-0.2, 0) is 5.75 Å². The van der Waals surface area contributed by atoms with Crippen molar-refractivity contribution in [1.29, 1.82) is 0 Å². The van der Waals surface area contributed by atoms with Crippen molar-refractivity contribution in [2.45, 2.75) is 30.2 Å². The van der Waals surface area contributed by atoms with Gasteiger partial charge < -0.3 is 9.42 Å². The number of nitrogens with zero attached hydrogens (tertiary/aromatic N) is 6. The van der Waals surface area contributed by atoms with Crippen LogP contribution < -0.4 is 4.90 Å². The molecule has 1 fully saturated rings. The lowest BCUT2D eigenvalue weighted by atomic mass is 10.1. The predicted octanol–water partition coefficient (Wildman–Crippen LogP) is 4.74. The number of thioether (sulfide) groups is 1. The minimum atomic E-state index is -0.302. The number of anilines is 1. The fourth-order valence-corrected chi connectivity index (χ4v) is 4.40. The molecule has 3 heterocycles. The van der Waals surface area contributed by atoms with Gasteiger partial charge in [-0.25, -0.2) is 4.39 Å². The van der Waals surface area contributed by atoms with Gasteiger partial charge in [-0.3, -0.25) is 4.57 Å². The summed E-state index contributed by atoms with van der Waals surface area (Å²) in [6, 6.07) is 16.1. The average molecular weight is 437 g/mol. The second-order valence-corrected chi connectivity index (χ2v) is 8.26. The van der Waals surface area contributed by atoms with Gasteiger partial charge in [0, 0.05) is 18.7 Å². The van der Waals surface area contributed by atoms with Crippen LogP contribution in [0.3, 0.4) is 0 Å². The molecule has 31 heavy (non-hydrogen) atoms. The summed E-state index contributed by atoms with van der Waals surface area (Å²) >= 11 is 1.51. The zero-order valence-electron chi connectivity index (χ0n) is 16.8. The lowest BCUT2D eigenvalue weighted by Gasteiger charge is -2.27. The Labute approximate surface area is 183 Å². The largest absolute Gasteiger partial charge is 0.341 e. The first kappa shape index (κ1) is 19.7. The van der Waals surface area contributed by atoms with E-state index in [1.807, 2.05) is 18.2 Å². The first-order valence-corrected chi connectivity index (χ1v) is 11.2. The van der Waals surface area contributed by atoms with E-state index >= 15 is 0 Å². The van der Waals surface area contributed by atoms with E-state index in [0.717, 1.165) is 29.9 Å². The molecular formula is C22H21FN6OS. The number of aromatic nitrogens is 5. The summed E-state index contributed by atoms with van der Waals surface area (Å²) in [4.78, 5) is 6.74. The third-order valence-electron chi connectivity index (χ3n) is 5.16. The minimum Gasteiger partial charge on any atom is -0.341 e. The highest BCUT2D eigenvalue weighted by Gasteiger charge is 2.22. The van der Waals surface area contributed by atoms with Gasteiger partial charge in [0.2, 0.25) is 5.95 Å². The monoisotopic (exact) mass is 436 g/mol. The number of halogens is 1. The topological polar surface area (TPSA) is 72.9 Å². The van der Waals surface area contributed by atoms with Gasteiger partial charge in [-0.2, -0.15) is 4.98 Å². The fraction of sp³-hybridized carbons (Fsp3) is 0.273. The summed E-state index contributed by atoms with van der Waals surface area (Å²) in [6.07, 6.45) is 3.59. The number of para-hydroxylation sites is 1. The fourth-order valence-electron chi connectivity index (χ4n) is 3.61. The number of rotatable bonds is 6. The molecule has 7 nitrogen and oxygen atoms in total. The van der Waals surface area contributed by atoms with Gasteiger partial charge in [0.15, 0.2) is 11.0 Å². The first-order chi connectivity index (χ1) is 15.3. The van der Waals surface area contributed by atoms with Crippen molar-refractivity contribution < 1.29 is 8.91 Å². The van der Waals surface area contributed by atoms with Crippen molar-refractivity contribution >= 4 is 17.7 Å². The van der Waals surface area contributed by atoms with Crippen molar-refractivity contribution in [2.24, 2.45) is 0 Å². The molecule has 2 aromatic heterocycles. The van der Waals surface area contributed by atoms with E-state index in [0.29, 0.717) is 23.0 Å². The second-order valence-electron chi connectivity index (χ2n) is 7.31. The Bertz CT molecular complexity index is 1140. The Morgan fingerprint density at radius 1 is 0.935 bits per heavy atom. The van der Waals surface area contributed by atoms with E-state index in [2.05, 4.69) is 41.9 Å². The number of hydrogen-bond donors (Lipinski definition) is 0. The summed E-state index contributed by atoms with van der Waals surface area (Å²) in [5.74, 6) is 1.97. The van der Waals surface area contributed by atoms with Crippen LogP contribution in [-0.4, -0.2) is 38.0 Å². The molecule has 0 saturated carbocycles. The average Bonchev–Trinajstić information content (AvgIpc) is 3.47. The Kier molecular flexibility index (Phi) is 5.66. The lowest BCUT2D eigenvalue weighted by molar-refractivity contribution is 0.425. The van der Waals surface area contributed by atoms with E-state index in [9.17, 15) is 4.39 Å². The van der Waals surface area contributed by atoms with Crippen LogP contribution in [0.2, 0.25) is 0 Å². The van der Waals surface area contributed by atoms with Crippen LogP contribution in [0.5, 0.6) is 0 Å². The third kappa shape index (κ3) is 4.32. The number of piperidine rings is 1. The van der Waals surface area contributed by atoms with Crippen LogP contribution in [0.1, 0.15) is 25.1 Å². The maximum Gasteiger partial charge on any atom is 0.257 e. The van der Waals surface area contributed by atoms with E-state index < -0.39 is 0 Å². The molecule has 1 aliphatic heterocycles. The van der Waals surface area contributed by atoms with Gasteiger partial charge in [-0.05, 0) is 55.7 Å². The normalized spacial score (nSPS) is 14.2. The van der Waals surface area contributed by atoms with Crippen molar-refractivity contribution in [3.63, 3.8) is 0 Å². The van der Waals surface area contributed by atoms with Gasteiger partial charge in [0.1, 0.15) is 5.82 Å². The molecule has 158 valence electrons. The van der Waals surface area contributed by atoms with E-state index in [4.69, 9.17) is 4.52 Å². The molecule has 0 aliphatic carbocycles. The molecule has 0 unspecified atom stereocenters. The summed E-state index contributed by atoms with van der Waals surface area (Å²) < 4.78 is 20.6. The van der Waals surface area contributed by atoms with Crippen LogP contribution >= 0.6 is 11.8 Å². The van der Waals surface area contributed by atoms with Gasteiger partial charge in [0.05, 0.1) is 11.4 Å². The lowest BCUT2D eigenvalue weighted by Crippen LogP contribution is -2.31. The highest BCUT2D eigenvalue weighted by Crippen LogP contribution is 2.30. The third-order valence-corrected chi connectivity index (χ3v) is 6.08. The van der Waals surface area contributed by atoms with Crippen LogP contribution in [0.25, 0.3) is 17.1 Å². The molecule has 1 saturated heterocycles. The predicted molar refractivity (Wildman–Crippen MR) is 117 cm³/mol. The zero-order valence-corrected chi connectivity index (χ0v) is 17.6. The van der Waals surface area contributed by atoms with Crippen LogP contribution in [0.4, 0.5) is 10.3 Å². The highest BCUT2D eigenvalue weighted by atomic mass is 32.2. The maximum absolute atomic E-state index is 13.1. The van der Waals surface area contributed by atoms with E-state index in [-0.39, 0.29) is 5.82 Å². The van der Waals surface area contributed by atoms with Crippen molar-refractivity contribution in [1.82, 2.24) is 24.9 Å². The number of hydrogen-bond acceptors (Lipinski definition) is 7.